The van der Waals surface area contributed by atoms with Gasteiger partial charge < -0.3 is 15.4 Å². The number of benzene rings is 4. The second-order valence-electron chi connectivity index (χ2n) is 11.7. The highest BCUT2D eigenvalue weighted by Crippen LogP contribution is 2.47. The normalized spacial score (nSPS) is 13.3. The number of aryl methyl sites for hydroxylation is 3. The molecule has 1 aliphatic carbocycles. The zero-order valence-corrected chi connectivity index (χ0v) is 25.5. The van der Waals surface area contributed by atoms with Gasteiger partial charge in [0, 0.05) is 17.4 Å². The molecule has 7 nitrogen and oxygen atoms in total. The highest BCUT2D eigenvalue weighted by molar-refractivity contribution is 6.16. The van der Waals surface area contributed by atoms with E-state index in [-0.39, 0.29) is 17.3 Å². The average Bonchev–Trinajstić information content (AvgIpc) is 3.87. The van der Waals surface area contributed by atoms with Gasteiger partial charge in [-0.25, -0.2) is 18.7 Å². The molecule has 0 aliphatic heterocycles. The molecule has 0 saturated heterocycles. The zero-order valence-electron chi connectivity index (χ0n) is 25.5. The monoisotopic (exact) mass is 620 g/mol. The maximum atomic E-state index is 15.3. The lowest BCUT2D eigenvalue weighted by Gasteiger charge is -2.16. The maximum absolute atomic E-state index is 15.3. The van der Waals surface area contributed by atoms with Crippen LogP contribution >= 0.6 is 0 Å². The Kier molecular flexibility index (Phi) is 9.01. The molecule has 1 aromatic heterocycles. The van der Waals surface area contributed by atoms with E-state index in [1.165, 1.54) is 59.4 Å². The van der Waals surface area contributed by atoms with Gasteiger partial charge in [-0.1, -0.05) is 43.7 Å². The molecule has 0 bridgehead atoms. The van der Waals surface area contributed by atoms with Crippen molar-refractivity contribution in [1.82, 2.24) is 9.97 Å². The van der Waals surface area contributed by atoms with Gasteiger partial charge in [0.15, 0.2) is 11.6 Å². The number of halogens is 2. The van der Waals surface area contributed by atoms with Crippen molar-refractivity contribution in [2.75, 3.05) is 10.6 Å². The number of amides is 2. The van der Waals surface area contributed by atoms with Crippen LogP contribution in [0.2, 0.25) is 0 Å². The lowest BCUT2D eigenvalue weighted by atomic mass is 9.95. The summed E-state index contributed by atoms with van der Waals surface area (Å²) in [6.45, 7) is 2.13. The van der Waals surface area contributed by atoms with Crippen molar-refractivity contribution < 1.29 is 23.1 Å². The SMILES string of the molecule is CCCc1cc2c(Oc3ccc(NC(=O)C4(C(=O)Nc5ccc(F)cc5)CC4)cc3F)ncnc2cc1CCCc1ccccc1. The van der Waals surface area contributed by atoms with Crippen LogP contribution in [0, 0.1) is 17.0 Å². The average molecular weight is 621 g/mol. The third-order valence-electron chi connectivity index (χ3n) is 8.31. The fourth-order valence-corrected chi connectivity index (χ4v) is 5.59. The Morgan fingerprint density at radius 2 is 1.50 bits per heavy atom. The van der Waals surface area contributed by atoms with Gasteiger partial charge in [-0.15, -0.1) is 0 Å². The van der Waals surface area contributed by atoms with E-state index in [2.05, 4.69) is 57.9 Å². The molecule has 0 atom stereocenters. The van der Waals surface area contributed by atoms with Crippen LogP contribution in [0.3, 0.4) is 0 Å². The number of ether oxygens (including phenoxy) is 1. The van der Waals surface area contributed by atoms with Crippen LogP contribution in [-0.2, 0) is 28.9 Å². The van der Waals surface area contributed by atoms with Gasteiger partial charge in [-0.05, 0) is 104 Å². The largest absolute Gasteiger partial charge is 0.435 e. The molecule has 1 saturated carbocycles. The van der Waals surface area contributed by atoms with Gasteiger partial charge >= 0.3 is 0 Å². The third kappa shape index (κ3) is 6.88. The molecule has 2 N–H and O–H groups in total. The Hall–Kier alpha value is -5.18. The van der Waals surface area contributed by atoms with E-state index in [1.807, 2.05) is 12.1 Å². The van der Waals surface area contributed by atoms with Crippen LogP contribution < -0.4 is 15.4 Å². The Balaban J connectivity index is 1.15. The lowest BCUT2D eigenvalue weighted by Crippen LogP contribution is -2.35. The summed E-state index contributed by atoms with van der Waals surface area (Å²) >= 11 is 0. The van der Waals surface area contributed by atoms with Gasteiger partial charge in [0.2, 0.25) is 17.7 Å². The molecule has 4 aromatic carbocycles. The molecule has 6 rings (SSSR count). The standard InChI is InChI=1S/C37H34F2N4O3/c1-2-7-25-20-30-32(21-26(25)11-6-10-24-8-4-3-5-9-24)40-23-41-34(30)46-33-17-16-29(22-31(33)39)43-36(45)37(18-19-37)35(44)42-28-14-12-27(38)13-15-28/h3-5,8-9,12-17,20-23H,2,6-7,10-11,18-19H2,1H3,(H,42,44)(H,43,45). The van der Waals surface area contributed by atoms with E-state index in [9.17, 15) is 14.0 Å². The minimum absolute atomic E-state index is 0.0582. The van der Waals surface area contributed by atoms with Crippen LogP contribution in [0.4, 0.5) is 20.2 Å². The van der Waals surface area contributed by atoms with E-state index in [4.69, 9.17) is 4.74 Å². The van der Waals surface area contributed by atoms with Crippen molar-refractivity contribution in [1.29, 1.82) is 0 Å². The number of fused-ring (bicyclic) bond motifs is 1. The first-order valence-electron chi connectivity index (χ1n) is 15.5. The smallest absolute Gasteiger partial charge is 0.240 e. The van der Waals surface area contributed by atoms with Crippen LogP contribution in [0.5, 0.6) is 11.6 Å². The van der Waals surface area contributed by atoms with Crippen LogP contribution in [0.1, 0.15) is 49.3 Å². The van der Waals surface area contributed by atoms with Gasteiger partial charge in [-0.2, -0.15) is 0 Å². The molecule has 9 heteroatoms. The highest BCUT2D eigenvalue weighted by atomic mass is 19.1. The molecule has 234 valence electrons. The number of nitrogens with one attached hydrogen (secondary N) is 2. The topological polar surface area (TPSA) is 93.2 Å². The van der Waals surface area contributed by atoms with Crippen molar-refractivity contribution in [2.24, 2.45) is 5.41 Å². The summed E-state index contributed by atoms with van der Waals surface area (Å²) < 4.78 is 34.5. The molecule has 0 unspecified atom stereocenters. The lowest BCUT2D eigenvalue weighted by molar-refractivity contribution is -0.131. The number of carbonyl (C=O) groups excluding carboxylic acids is 2. The predicted octanol–water partition coefficient (Wildman–Crippen LogP) is 8.19. The molecule has 1 heterocycles. The van der Waals surface area contributed by atoms with Gasteiger partial charge in [0.25, 0.3) is 0 Å². The molecule has 2 amide bonds. The molecule has 1 aliphatic rings. The molecule has 1 fully saturated rings. The summed E-state index contributed by atoms with van der Waals surface area (Å²) in [6.07, 6.45) is 6.88. The number of rotatable bonds is 12. The first-order valence-corrected chi connectivity index (χ1v) is 15.5. The summed E-state index contributed by atoms with van der Waals surface area (Å²) in [5.74, 6) is -1.98. The summed E-state index contributed by atoms with van der Waals surface area (Å²) in [5.41, 5.74) is 3.77. The van der Waals surface area contributed by atoms with E-state index in [1.54, 1.807) is 0 Å². The quantitative estimate of drug-likeness (QED) is 0.137. The van der Waals surface area contributed by atoms with Crippen molar-refractivity contribution in [2.45, 2.75) is 51.9 Å². The Morgan fingerprint density at radius 3 is 2.20 bits per heavy atom. The Bertz CT molecular complexity index is 1880. The molecule has 46 heavy (non-hydrogen) atoms. The molecule has 5 aromatic rings. The third-order valence-corrected chi connectivity index (χ3v) is 8.31. The number of carbonyl (C=O) groups is 2. The first-order chi connectivity index (χ1) is 22.3. The van der Waals surface area contributed by atoms with E-state index in [0.717, 1.165) is 43.7 Å². The second kappa shape index (κ2) is 13.4. The number of hydrogen-bond acceptors (Lipinski definition) is 5. The first kappa shape index (κ1) is 30.8. The van der Waals surface area contributed by atoms with E-state index < -0.39 is 28.9 Å². The summed E-state index contributed by atoms with van der Waals surface area (Å²) in [4.78, 5) is 34.7. The summed E-state index contributed by atoms with van der Waals surface area (Å²) in [6, 6.07) is 23.9. The van der Waals surface area contributed by atoms with E-state index >= 15 is 4.39 Å². The minimum atomic E-state index is -1.27. The summed E-state index contributed by atoms with van der Waals surface area (Å²) in [5, 5.41) is 6.01. The molecular formula is C37H34F2N4O3. The molecule has 0 radical (unpaired) electrons. The van der Waals surface area contributed by atoms with Gasteiger partial charge in [0.05, 0.1) is 10.9 Å². The highest BCUT2D eigenvalue weighted by Gasteiger charge is 2.56. The minimum Gasteiger partial charge on any atom is -0.435 e. The van der Waals surface area contributed by atoms with Gasteiger partial charge in [0.1, 0.15) is 17.6 Å². The van der Waals surface area contributed by atoms with Crippen LogP contribution in [0.25, 0.3) is 10.9 Å². The Labute approximate surface area is 266 Å². The predicted molar refractivity (Wildman–Crippen MR) is 174 cm³/mol. The molecular weight excluding hydrogens is 586 g/mol. The fourth-order valence-electron chi connectivity index (χ4n) is 5.59. The number of nitrogens with zero attached hydrogens (tertiary/aromatic N) is 2. The zero-order chi connectivity index (χ0) is 32.1. The number of anilines is 2. The number of aromatic nitrogens is 2. The fraction of sp³-hybridized carbons (Fsp3) is 0.243. The Morgan fingerprint density at radius 1 is 0.804 bits per heavy atom. The number of hydrogen-bond donors (Lipinski definition) is 2. The van der Waals surface area contributed by atoms with Gasteiger partial charge in [-0.3, -0.25) is 9.59 Å². The van der Waals surface area contributed by atoms with Crippen molar-refractivity contribution in [3.8, 4) is 11.6 Å². The maximum Gasteiger partial charge on any atom is 0.240 e. The van der Waals surface area contributed by atoms with Crippen molar-refractivity contribution in [3.05, 3.63) is 120 Å². The van der Waals surface area contributed by atoms with Crippen molar-refractivity contribution >= 4 is 34.1 Å². The second-order valence-corrected chi connectivity index (χ2v) is 11.7. The van der Waals surface area contributed by atoms with E-state index in [0.29, 0.717) is 23.9 Å². The van der Waals surface area contributed by atoms with Crippen LogP contribution in [0.15, 0.2) is 91.3 Å². The summed E-state index contributed by atoms with van der Waals surface area (Å²) in [7, 11) is 0. The van der Waals surface area contributed by atoms with Crippen LogP contribution in [-0.4, -0.2) is 21.8 Å². The molecule has 0 spiro atoms. The van der Waals surface area contributed by atoms with Crippen molar-refractivity contribution in [3.63, 3.8) is 0 Å².